The number of carboxylic acid groups (broad SMARTS) is 1. The van der Waals surface area contributed by atoms with Crippen LogP contribution in [0.4, 0.5) is 0 Å². The Morgan fingerprint density at radius 2 is 1.84 bits per heavy atom. The molecule has 4 nitrogen and oxygen atoms in total. The highest BCUT2D eigenvalue weighted by molar-refractivity contribution is 5.87. The lowest BCUT2D eigenvalue weighted by molar-refractivity contribution is -0.157. The number of carboxylic acids is 1. The van der Waals surface area contributed by atoms with Crippen molar-refractivity contribution in [1.82, 2.24) is 4.90 Å². The van der Waals surface area contributed by atoms with Gasteiger partial charge in [0.1, 0.15) is 5.54 Å². The van der Waals surface area contributed by atoms with Crippen LogP contribution in [0.1, 0.15) is 59.3 Å². The quantitative estimate of drug-likeness (QED) is 0.806. The monoisotopic (exact) mass is 269 g/mol. The molecule has 1 aliphatic carbocycles. The van der Waals surface area contributed by atoms with Gasteiger partial charge >= 0.3 is 5.97 Å². The van der Waals surface area contributed by atoms with E-state index in [2.05, 4.69) is 0 Å². The minimum absolute atomic E-state index is 0.0261. The molecule has 19 heavy (non-hydrogen) atoms. The van der Waals surface area contributed by atoms with Crippen molar-refractivity contribution in [3.63, 3.8) is 0 Å². The lowest BCUT2D eigenvalue weighted by Gasteiger charge is -2.34. The maximum absolute atomic E-state index is 12.5. The highest BCUT2D eigenvalue weighted by Crippen LogP contribution is 2.32. The summed E-state index contributed by atoms with van der Waals surface area (Å²) in [6.45, 7) is 5.17. The molecule has 110 valence electrons. The molecule has 1 saturated carbocycles. The fourth-order valence-corrected chi connectivity index (χ4v) is 2.78. The minimum Gasteiger partial charge on any atom is -0.480 e. The Balaban J connectivity index is 2.69. The lowest BCUT2D eigenvalue weighted by Crippen LogP contribution is -2.52. The van der Waals surface area contributed by atoms with E-state index in [4.69, 9.17) is 0 Å². The number of amides is 1. The molecule has 0 aliphatic heterocycles. The number of carbonyl (C=O) groups is 2. The first kappa shape index (κ1) is 16.0. The number of hydrogen-bond acceptors (Lipinski definition) is 2. The van der Waals surface area contributed by atoms with E-state index in [0.717, 1.165) is 12.8 Å². The van der Waals surface area contributed by atoms with Gasteiger partial charge < -0.3 is 10.0 Å². The summed E-state index contributed by atoms with van der Waals surface area (Å²) in [5.41, 5.74) is -1.14. The summed E-state index contributed by atoms with van der Waals surface area (Å²) in [6, 6.07) is 0. The molecule has 0 aromatic heterocycles. The number of rotatable bonds is 6. The zero-order valence-electron chi connectivity index (χ0n) is 12.6. The first-order valence-electron chi connectivity index (χ1n) is 7.31. The number of nitrogens with zero attached hydrogens (tertiary/aromatic N) is 1. The van der Waals surface area contributed by atoms with Crippen LogP contribution in [0.5, 0.6) is 0 Å². The van der Waals surface area contributed by atoms with E-state index in [-0.39, 0.29) is 11.8 Å². The number of hydrogen-bond donors (Lipinski definition) is 1. The standard InChI is InChI=1S/C15H27NO3/c1-5-12(10-11-8-6-7-9-11)13(17)16(4)15(2,3)14(18)19/h11-12H,5-10H2,1-4H3,(H,18,19). The zero-order valence-corrected chi connectivity index (χ0v) is 12.6. The summed E-state index contributed by atoms with van der Waals surface area (Å²) in [5.74, 6) is -0.372. The molecule has 1 atom stereocenters. The Labute approximate surface area is 116 Å². The maximum atomic E-state index is 12.5. The van der Waals surface area contributed by atoms with Crippen molar-refractivity contribution in [3.05, 3.63) is 0 Å². The smallest absolute Gasteiger partial charge is 0.329 e. The highest BCUT2D eigenvalue weighted by atomic mass is 16.4. The summed E-state index contributed by atoms with van der Waals surface area (Å²) >= 11 is 0. The molecule has 0 spiro atoms. The lowest BCUT2D eigenvalue weighted by atomic mass is 9.89. The normalized spacial score (nSPS) is 18.3. The Morgan fingerprint density at radius 1 is 1.32 bits per heavy atom. The SMILES string of the molecule is CCC(CC1CCCC1)C(=O)N(C)C(C)(C)C(=O)O. The van der Waals surface area contributed by atoms with Gasteiger partial charge in [0.15, 0.2) is 0 Å². The fourth-order valence-electron chi connectivity index (χ4n) is 2.78. The molecule has 0 aromatic rings. The molecule has 1 amide bonds. The van der Waals surface area contributed by atoms with E-state index < -0.39 is 11.5 Å². The predicted octanol–water partition coefficient (Wildman–Crippen LogP) is 2.91. The molecule has 0 aromatic carbocycles. The molecular formula is C15H27NO3. The average molecular weight is 269 g/mol. The third-order valence-electron chi connectivity index (χ3n) is 4.63. The molecule has 1 N–H and O–H groups in total. The van der Waals surface area contributed by atoms with Gasteiger partial charge in [0.2, 0.25) is 5.91 Å². The maximum Gasteiger partial charge on any atom is 0.329 e. The number of likely N-dealkylation sites (N-methyl/N-ethyl adjacent to an activating group) is 1. The van der Waals surface area contributed by atoms with Gasteiger partial charge in [0.25, 0.3) is 0 Å². The highest BCUT2D eigenvalue weighted by Gasteiger charge is 2.38. The van der Waals surface area contributed by atoms with Gasteiger partial charge in [-0.25, -0.2) is 4.79 Å². The van der Waals surface area contributed by atoms with Crippen molar-refractivity contribution in [2.75, 3.05) is 7.05 Å². The van der Waals surface area contributed by atoms with Crippen molar-refractivity contribution in [2.24, 2.45) is 11.8 Å². The first-order chi connectivity index (χ1) is 8.80. The Hall–Kier alpha value is -1.06. The van der Waals surface area contributed by atoms with Gasteiger partial charge in [-0.15, -0.1) is 0 Å². The topological polar surface area (TPSA) is 57.6 Å². The van der Waals surface area contributed by atoms with E-state index >= 15 is 0 Å². The molecule has 4 heteroatoms. The summed E-state index contributed by atoms with van der Waals surface area (Å²) in [6.07, 6.45) is 6.67. The molecule has 0 heterocycles. The van der Waals surface area contributed by atoms with Crippen molar-refractivity contribution >= 4 is 11.9 Å². The van der Waals surface area contributed by atoms with Crippen LogP contribution in [0.25, 0.3) is 0 Å². The van der Waals surface area contributed by atoms with Gasteiger partial charge in [-0.3, -0.25) is 4.79 Å². The second-order valence-corrected chi connectivity index (χ2v) is 6.25. The van der Waals surface area contributed by atoms with E-state index in [1.807, 2.05) is 6.92 Å². The van der Waals surface area contributed by atoms with Crippen LogP contribution in [0.2, 0.25) is 0 Å². The van der Waals surface area contributed by atoms with E-state index in [9.17, 15) is 14.7 Å². The fraction of sp³-hybridized carbons (Fsp3) is 0.867. The largest absolute Gasteiger partial charge is 0.480 e. The average Bonchev–Trinajstić information content (AvgIpc) is 2.86. The summed E-state index contributed by atoms with van der Waals surface area (Å²) in [7, 11) is 1.60. The second-order valence-electron chi connectivity index (χ2n) is 6.25. The molecule has 1 unspecified atom stereocenters. The molecule has 0 radical (unpaired) electrons. The summed E-state index contributed by atoms with van der Waals surface area (Å²) in [5, 5.41) is 9.21. The van der Waals surface area contributed by atoms with Crippen LogP contribution in [-0.4, -0.2) is 34.5 Å². The van der Waals surface area contributed by atoms with Crippen LogP contribution in [0.3, 0.4) is 0 Å². The zero-order chi connectivity index (χ0) is 14.6. The van der Waals surface area contributed by atoms with Gasteiger partial charge in [0.05, 0.1) is 0 Å². The second kappa shape index (κ2) is 6.40. The third kappa shape index (κ3) is 3.71. The molecule has 0 bridgehead atoms. The molecule has 0 saturated heterocycles. The molecule has 1 aliphatic rings. The Kier molecular flexibility index (Phi) is 5.39. The van der Waals surface area contributed by atoms with Crippen molar-refractivity contribution in [2.45, 2.75) is 64.8 Å². The van der Waals surface area contributed by atoms with E-state index in [0.29, 0.717) is 5.92 Å². The van der Waals surface area contributed by atoms with Crippen LogP contribution in [-0.2, 0) is 9.59 Å². The molecular weight excluding hydrogens is 242 g/mol. The van der Waals surface area contributed by atoms with E-state index in [1.165, 1.54) is 30.6 Å². The Morgan fingerprint density at radius 3 is 2.26 bits per heavy atom. The van der Waals surface area contributed by atoms with Crippen LogP contribution in [0, 0.1) is 11.8 Å². The van der Waals surface area contributed by atoms with Crippen LogP contribution >= 0.6 is 0 Å². The summed E-state index contributed by atoms with van der Waals surface area (Å²) in [4.78, 5) is 25.1. The van der Waals surface area contributed by atoms with Crippen LogP contribution in [0.15, 0.2) is 0 Å². The van der Waals surface area contributed by atoms with Gasteiger partial charge in [0, 0.05) is 13.0 Å². The molecule has 1 rings (SSSR count). The van der Waals surface area contributed by atoms with Crippen LogP contribution < -0.4 is 0 Å². The minimum atomic E-state index is -1.14. The van der Waals surface area contributed by atoms with E-state index in [1.54, 1.807) is 20.9 Å². The predicted molar refractivity (Wildman–Crippen MR) is 74.8 cm³/mol. The third-order valence-corrected chi connectivity index (χ3v) is 4.63. The van der Waals surface area contributed by atoms with Crippen molar-refractivity contribution in [3.8, 4) is 0 Å². The summed E-state index contributed by atoms with van der Waals surface area (Å²) < 4.78 is 0. The molecule has 1 fully saturated rings. The van der Waals surface area contributed by atoms with Crippen molar-refractivity contribution in [1.29, 1.82) is 0 Å². The first-order valence-corrected chi connectivity index (χ1v) is 7.31. The van der Waals surface area contributed by atoms with Gasteiger partial charge in [-0.1, -0.05) is 32.6 Å². The Bertz CT molecular complexity index is 332. The van der Waals surface area contributed by atoms with Gasteiger partial charge in [-0.2, -0.15) is 0 Å². The number of aliphatic carboxylic acids is 1. The van der Waals surface area contributed by atoms with Gasteiger partial charge in [-0.05, 0) is 32.6 Å². The number of carbonyl (C=O) groups excluding carboxylic acids is 1. The van der Waals surface area contributed by atoms with Crippen molar-refractivity contribution < 1.29 is 14.7 Å².